The van der Waals surface area contributed by atoms with Crippen LogP contribution in [0.15, 0.2) is 0 Å². The van der Waals surface area contributed by atoms with Crippen molar-refractivity contribution in [3.05, 3.63) is 0 Å². The quantitative estimate of drug-likeness (QED) is 0.224. The lowest BCUT2D eigenvalue weighted by Gasteiger charge is -2.05. The maximum Gasteiger partial charge on any atom is 0.305 e. The number of hydrogen-bond donors (Lipinski definition) is 0. The first kappa shape index (κ1) is 23.9. The van der Waals surface area contributed by atoms with Crippen LogP contribution in [0.5, 0.6) is 0 Å². The van der Waals surface area contributed by atoms with E-state index in [1.54, 1.807) is 0 Å². The Kier molecular flexibility index (Phi) is 18.5. The highest BCUT2D eigenvalue weighted by Gasteiger charge is 1.99. The number of carbonyl (C=O) groups is 2. The Bertz CT molecular complexity index is 285. The zero-order valence-corrected chi connectivity index (χ0v) is 16.7. The molecule has 0 saturated heterocycles. The van der Waals surface area contributed by atoms with Crippen LogP contribution < -0.4 is 0 Å². The normalized spacial score (nSPS) is 10.6. The summed E-state index contributed by atoms with van der Waals surface area (Å²) in [6.45, 7) is 4.84. The highest BCUT2D eigenvalue weighted by atomic mass is 16.5. The van der Waals surface area contributed by atoms with Crippen LogP contribution in [0, 0.1) is 0 Å². The van der Waals surface area contributed by atoms with Crippen molar-refractivity contribution >= 4 is 11.9 Å². The molecule has 0 aliphatic carbocycles. The van der Waals surface area contributed by atoms with Crippen LogP contribution in [0.1, 0.15) is 110 Å². The molecular weight excluding hydrogens is 316 g/mol. The standard InChI is InChI=1S/C21H40O4/c1-3-20(22)24-18-16-14-12-10-8-6-5-7-9-11-13-15-17-19-25-21(23)4-2/h3-19H2,1-2H3. The topological polar surface area (TPSA) is 52.6 Å². The summed E-state index contributed by atoms with van der Waals surface area (Å²) >= 11 is 0. The minimum absolute atomic E-state index is 0.0834. The van der Waals surface area contributed by atoms with Gasteiger partial charge >= 0.3 is 11.9 Å². The molecule has 4 heteroatoms. The third-order valence-electron chi connectivity index (χ3n) is 4.39. The van der Waals surface area contributed by atoms with E-state index >= 15 is 0 Å². The SMILES string of the molecule is CCC(=O)OCCCCCCCCCCCCCCCOC(=O)CC. The Morgan fingerprint density at radius 1 is 0.480 bits per heavy atom. The molecule has 0 heterocycles. The molecule has 0 saturated carbocycles. The average Bonchev–Trinajstić information content (AvgIpc) is 2.63. The van der Waals surface area contributed by atoms with Gasteiger partial charge in [0.25, 0.3) is 0 Å². The van der Waals surface area contributed by atoms with Crippen molar-refractivity contribution in [1.29, 1.82) is 0 Å². The van der Waals surface area contributed by atoms with Gasteiger partial charge in [0.1, 0.15) is 0 Å². The predicted octanol–water partition coefficient (Wildman–Crippen LogP) is 5.96. The summed E-state index contributed by atoms with van der Waals surface area (Å²) in [5.74, 6) is -0.167. The molecule has 0 aromatic carbocycles. The van der Waals surface area contributed by atoms with Gasteiger partial charge in [0.05, 0.1) is 13.2 Å². The van der Waals surface area contributed by atoms with Crippen molar-refractivity contribution < 1.29 is 19.1 Å². The van der Waals surface area contributed by atoms with Crippen molar-refractivity contribution in [2.24, 2.45) is 0 Å². The highest BCUT2D eigenvalue weighted by Crippen LogP contribution is 2.12. The van der Waals surface area contributed by atoms with E-state index in [0.29, 0.717) is 26.1 Å². The van der Waals surface area contributed by atoms with Gasteiger partial charge in [0.15, 0.2) is 0 Å². The third-order valence-corrected chi connectivity index (χ3v) is 4.39. The minimum Gasteiger partial charge on any atom is -0.466 e. The maximum absolute atomic E-state index is 11.0. The van der Waals surface area contributed by atoms with Crippen molar-refractivity contribution in [1.82, 2.24) is 0 Å². The molecule has 4 nitrogen and oxygen atoms in total. The minimum atomic E-state index is -0.0834. The number of rotatable bonds is 18. The molecule has 0 aromatic heterocycles. The molecule has 0 aliphatic rings. The summed E-state index contributed by atoms with van der Waals surface area (Å²) in [7, 11) is 0. The van der Waals surface area contributed by atoms with E-state index in [1.165, 1.54) is 70.6 Å². The Hall–Kier alpha value is -1.06. The second kappa shape index (κ2) is 19.3. The van der Waals surface area contributed by atoms with Crippen molar-refractivity contribution in [3.8, 4) is 0 Å². The predicted molar refractivity (Wildman–Crippen MR) is 103 cm³/mol. The van der Waals surface area contributed by atoms with Gasteiger partial charge in [-0.2, -0.15) is 0 Å². The molecule has 148 valence electrons. The van der Waals surface area contributed by atoms with E-state index in [1.807, 2.05) is 13.8 Å². The third kappa shape index (κ3) is 19.1. The molecule has 0 aliphatic heterocycles. The molecule has 0 atom stereocenters. The molecule has 0 N–H and O–H groups in total. The number of esters is 2. The van der Waals surface area contributed by atoms with Crippen molar-refractivity contribution in [3.63, 3.8) is 0 Å². The Labute approximate surface area is 155 Å². The largest absolute Gasteiger partial charge is 0.466 e. The Balaban J connectivity index is 3.05. The highest BCUT2D eigenvalue weighted by molar-refractivity contribution is 5.69. The molecule has 0 aromatic rings. The van der Waals surface area contributed by atoms with Crippen LogP contribution in [0.3, 0.4) is 0 Å². The lowest BCUT2D eigenvalue weighted by molar-refractivity contribution is -0.144. The van der Waals surface area contributed by atoms with Crippen LogP contribution >= 0.6 is 0 Å². The summed E-state index contributed by atoms with van der Waals surface area (Å²) in [4.78, 5) is 21.9. The summed E-state index contributed by atoms with van der Waals surface area (Å²) in [6.07, 6.45) is 17.1. The fraction of sp³-hybridized carbons (Fsp3) is 0.905. The van der Waals surface area contributed by atoms with Crippen LogP contribution in [0.25, 0.3) is 0 Å². The average molecular weight is 357 g/mol. The molecule has 0 rings (SSSR count). The van der Waals surface area contributed by atoms with E-state index in [-0.39, 0.29) is 11.9 Å². The number of ether oxygens (including phenoxy) is 2. The smallest absolute Gasteiger partial charge is 0.305 e. The van der Waals surface area contributed by atoms with Crippen LogP contribution in [-0.2, 0) is 19.1 Å². The zero-order chi connectivity index (χ0) is 18.6. The maximum atomic E-state index is 11.0. The fourth-order valence-electron chi connectivity index (χ4n) is 2.72. The Morgan fingerprint density at radius 3 is 0.960 bits per heavy atom. The Morgan fingerprint density at radius 2 is 0.720 bits per heavy atom. The first-order valence-corrected chi connectivity index (χ1v) is 10.5. The number of carbonyl (C=O) groups excluding carboxylic acids is 2. The lowest BCUT2D eigenvalue weighted by atomic mass is 10.0. The second-order valence-electron chi connectivity index (χ2n) is 6.74. The monoisotopic (exact) mass is 356 g/mol. The first-order chi connectivity index (χ1) is 12.2. The van der Waals surface area contributed by atoms with E-state index < -0.39 is 0 Å². The molecule has 0 radical (unpaired) electrons. The molecular formula is C21H40O4. The van der Waals surface area contributed by atoms with Crippen LogP contribution in [0.4, 0.5) is 0 Å². The van der Waals surface area contributed by atoms with Crippen molar-refractivity contribution in [2.75, 3.05) is 13.2 Å². The van der Waals surface area contributed by atoms with Gasteiger partial charge in [-0.25, -0.2) is 0 Å². The zero-order valence-electron chi connectivity index (χ0n) is 16.7. The van der Waals surface area contributed by atoms with Gasteiger partial charge in [0.2, 0.25) is 0 Å². The fourth-order valence-corrected chi connectivity index (χ4v) is 2.72. The van der Waals surface area contributed by atoms with Crippen LogP contribution in [0.2, 0.25) is 0 Å². The molecule has 0 unspecified atom stereocenters. The van der Waals surface area contributed by atoms with E-state index in [4.69, 9.17) is 9.47 Å². The lowest BCUT2D eigenvalue weighted by Crippen LogP contribution is -2.03. The summed E-state index contributed by atoms with van der Waals surface area (Å²) in [6, 6.07) is 0. The van der Waals surface area contributed by atoms with Gasteiger partial charge in [-0.3, -0.25) is 9.59 Å². The van der Waals surface area contributed by atoms with Gasteiger partial charge in [0, 0.05) is 12.8 Å². The van der Waals surface area contributed by atoms with Gasteiger partial charge in [-0.15, -0.1) is 0 Å². The van der Waals surface area contributed by atoms with Crippen LogP contribution in [-0.4, -0.2) is 25.2 Å². The summed E-state index contributed by atoms with van der Waals surface area (Å²) in [5.41, 5.74) is 0. The van der Waals surface area contributed by atoms with E-state index in [9.17, 15) is 9.59 Å². The number of unbranched alkanes of at least 4 members (excludes halogenated alkanes) is 12. The molecule has 0 fully saturated rings. The summed E-state index contributed by atoms with van der Waals surface area (Å²) in [5, 5.41) is 0. The molecule has 25 heavy (non-hydrogen) atoms. The molecule has 0 amide bonds. The van der Waals surface area contributed by atoms with Gasteiger partial charge in [-0.05, 0) is 12.8 Å². The second-order valence-corrected chi connectivity index (χ2v) is 6.74. The van der Waals surface area contributed by atoms with Gasteiger partial charge in [-0.1, -0.05) is 84.5 Å². The number of hydrogen-bond acceptors (Lipinski definition) is 4. The molecule has 0 spiro atoms. The van der Waals surface area contributed by atoms with Crippen molar-refractivity contribution in [2.45, 2.75) is 110 Å². The van der Waals surface area contributed by atoms with E-state index in [0.717, 1.165) is 12.8 Å². The van der Waals surface area contributed by atoms with E-state index in [2.05, 4.69) is 0 Å². The van der Waals surface area contributed by atoms with Gasteiger partial charge < -0.3 is 9.47 Å². The molecule has 0 bridgehead atoms. The summed E-state index contributed by atoms with van der Waals surface area (Å²) < 4.78 is 10.1. The first-order valence-electron chi connectivity index (χ1n) is 10.5.